The van der Waals surface area contributed by atoms with Gasteiger partial charge in [0.25, 0.3) is 5.91 Å². The average molecular weight is 287 g/mol. The molecule has 0 saturated heterocycles. The third-order valence-corrected chi connectivity index (χ3v) is 2.90. The van der Waals surface area contributed by atoms with Crippen LogP contribution in [-0.4, -0.2) is 25.7 Å². The SMILES string of the molecule is CCC(Oc1c(CCN)cc(Cl)cc1OC)C(N)=O. The molecule has 1 aromatic rings. The highest BCUT2D eigenvalue weighted by molar-refractivity contribution is 6.30. The van der Waals surface area contributed by atoms with E-state index in [1.807, 2.05) is 6.92 Å². The summed E-state index contributed by atoms with van der Waals surface area (Å²) >= 11 is 6.00. The zero-order valence-electron chi connectivity index (χ0n) is 11.1. The molecule has 0 heterocycles. The Morgan fingerprint density at radius 2 is 2.16 bits per heavy atom. The summed E-state index contributed by atoms with van der Waals surface area (Å²) in [4.78, 5) is 11.3. The number of primary amides is 1. The van der Waals surface area contributed by atoms with Crippen molar-refractivity contribution in [2.75, 3.05) is 13.7 Å². The van der Waals surface area contributed by atoms with E-state index >= 15 is 0 Å². The quantitative estimate of drug-likeness (QED) is 0.795. The predicted octanol–water partition coefficient (Wildman–Crippen LogP) is 1.49. The number of hydrogen-bond donors (Lipinski definition) is 2. The van der Waals surface area contributed by atoms with Gasteiger partial charge in [-0.15, -0.1) is 0 Å². The molecule has 0 saturated carbocycles. The second kappa shape index (κ2) is 7.21. The lowest BCUT2D eigenvalue weighted by Gasteiger charge is -2.19. The molecule has 5 nitrogen and oxygen atoms in total. The molecule has 0 aliphatic heterocycles. The Morgan fingerprint density at radius 1 is 1.47 bits per heavy atom. The molecule has 1 amide bonds. The Labute approximate surface area is 117 Å². The van der Waals surface area contributed by atoms with Gasteiger partial charge in [0.05, 0.1) is 7.11 Å². The first-order valence-corrected chi connectivity index (χ1v) is 6.43. The molecule has 1 rings (SSSR count). The average Bonchev–Trinajstić information content (AvgIpc) is 2.37. The minimum absolute atomic E-state index is 0.438. The van der Waals surface area contributed by atoms with Crippen molar-refractivity contribution >= 4 is 17.5 Å². The molecule has 106 valence electrons. The summed E-state index contributed by atoms with van der Waals surface area (Å²) in [5, 5.41) is 0.528. The molecule has 0 aromatic heterocycles. The maximum Gasteiger partial charge on any atom is 0.258 e. The number of hydrogen-bond acceptors (Lipinski definition) is 4. The third-order valence-electron chi connectivity index (χ3n) is 2.68. The van der Waals surface area contributed by atoms with Crippen LogP contribution in [0.25, 0.3) is 0 Å². The van der Waals surface area contributed by atoms with Gasteiger partial charge in [0.2, 0.25) is 0 Å². The Morgan fingerprint density at radius 3 is 2.63 bits per heavy atom. The van der Waals surface area contributed by atoms with E-state index in [-0.39, 0.29) is 0 Å². The van der Waals surface area contributed by atoms with Gasteiger partial charge >= 0.3 is 0 Å². The van der Waals surface area contributed by atoms with Crippen molar-refractivity contribution in [3.05, 3.63) is 22.7 Å². The van der Waals surface area contributed by atoms with Gasteiger partial charge in [0.15, 0.2) is 17.6 Å². The zero-order chi connectivity index (χ0) is 14.4. The molecule has 0 spiro atoms. The molecule has 0 aliphatic rings. The summed E-state index contributed by atoms with van der Waals surface area (Å²) < 4.78 is 10.9. The summed E-state index contributed by atoms with van der Waals surface area (Å²) in [7, 11) is 1.51. The first-order chi connectivity index (χ1) is 9.03. The smallest absolute Gasteiger partial charge is 0.258 e. The van der Waals surface area contributed by atoms with Crippen LogP contribution in [0.3, 0.4) is 0 Å². The molecule has 19 heavy (non-hydrogen) atoms. The fourth-order valence-electron chi connectivity index (χ4n) is 1.73. The molecule has 0 fully saturated rings. The van der Waals surface area contributed by atoms with E-state index in [0.717, 1.165) is 5.56 Å². The molecule has 0 aliphatic carbocycles. The van der Waals surface area contributed by atoms with Crippen molar-refractivity contribution in [3.8, 4) is 11.5 Å². The largest absolute Gasteiger partial charge is 0.493 e. The highest BCUT2D eigenvalue weighted by atomic mass is 35.5. The van der Waals surface area contributed by atoms with E-state index in [4.69, 9.17) is 32.5 Å². The van der Waals surface area contributed by atoms with Crippen LogP contribution >= 0.6 is 11.6 Å². The number of amides is 1. The lowest BCUT2D eigenvalue weighted by atomic mass is 10.1. The topological polar surface area (TPSA) is 87.6 Å². The third kappa shape index (κ3) is 4.01. The number of rotatable bonds is 7. The zero-order valence-corrected chi connectivity index (χ0v) is 11.9. The number of nitrogens with two attached hydrogens (primary N) is 2. The van der Waals surface area contributed by atoms with Crippen molar-refractivity contribution in [2.45, 2.75) is 25.9 Å². The van der Waals surface area contributed by atoms with Crippen LogP contribution in [-0.2, 0) is 11.2 Å². The highest BCUT2D eigenvalue weighted by Crippen LogP contribution is 2.35. The minimum atomic E-state index is -0.702. The summed E-state index contributed by atoms with van der Waals surface area (Å²) in [6.45, 7) is 2.26. The van der Waals surface area contributed by atoms with Crippen LogP contribution in [0.1, 0.15) is 18.9 Å². The second-order valence-electron chi connectivity index (χ2n) is 4.05. The molecule has 1 aromatic carbocycles. The Hall–Kier alpha value is -1.46. The molecule has 0 bridgehead atoms. The predicted molar refractivity (Wildman–Crippen MR) is 74.7 cm³/mol. The first-order valence-electron chi connectivity index (χ1n) is 6.05. The van der Waals surface area contributed by atoms with E-state index in [2.05, 4.69) is 0 Å². The first kappa shape index (κ1) is 15.6. The maximum absolute atomic E-state index is 11.3. The Balaban J connectivity index is 3.17. The van der Waals surface area contributed by atoms with Crippen LogP contribution in [0.4, 0.5) is 0 Å². The van der Waals surface area contributed by atoms with E-state index in [9.17, 15) is 4.79 Å². The van der Waals surface area contributed by atoms with Crippen LogP contribution in [0.2, 0.25) is 5.02 Å². The second-order valence-corrected chi connectivity index (χ2v) is 4.49. The van der Waals surface area contributed by atoms with Crippen LogP contribution < -0.4 is 20.9 Å². The fraction of sp³-hybridized carbons (Fsp3) is 0.462. The van der Waals surface area contributed by atoms with Crippen molar-refractivity contribution in [2.24, 2.45) is 11.5 Å². The monoisotopic (exact) mass is 286 g/mol. The number of ether oxygens (including phenoxy) is 2. The number of halogens is 1. The van der Waals surface area contributed by atoms with Gasteiger partial charge < -0.3 is 20.9 Å². The summed E-state index contributed by atoms with van der Waals surface area (Å²) in [6, 6.07) is 3.38. The number of carbonyl (C=O) groups is 1. The number of carbonyl (C=O) groups excluding carboxylic acids is 1. The van der Waals surface area contributed by atoms with E-state index in [1.165, 1.54) is 7.11 Å². The minimum Gasteiger partial charge on any atom is -0.493 e. The number of benzene rings is 1. The molecule has 6 heteroatoms. The molecule has 0 radical (unpaired) electrons. The highest BCUT2D eigenvalue weighted by Gasteiger charge is 2.20. The van der Waals surface area contributed by atoms with Gasteiger partial charge in [0, 0.05) is 16.7 Å². The fourth-order valence-corrected chi connectivity index (χ4v) is 1.96. The molecule has 1 unspecified atom stereocenters. The van der Waals surface area contributed by atoms with E-state index in [0.29, 0.717) is 35.9 Å². The molecule has 4 N–H and O–H groups in total. The van der Waals surface area contributed by atoms with Gasteiger partial charge in [-0.05, 0) is 25.5 Å². The van der Waals surface area contributed by atoms with Crippen molar-refractivity contribution in [3.63, 3.8) is 0 Å². The molecular weight excluding hydrogens is 268 g/mol. The Bertz CT molecular complexity index is 452. The normalized spacial score (nSPS) is 12.0. The molecular formula is C13H19ClN2O3. The van der Waals surface area contributed by atoms with Gasteiger partial charge in [-0.2, -0.15) is 0 Å². The van der Waals surface area contributed by atoms with Gasteiger partial charge in [-0.1, -0.05) is 18.5 Å². The lowest BCUT2D eigenvalue weighted by molar-refractivity contribution is -0.124. The van der Waals surface area contributed by atoms with Crippen LogP contribution in [0.5, 0.6) is 11.5 Å². The summed E-state index contributed by atoms with van der Waals surface area (Å²) in [5.41, 5.74) is 11.6. The van der Waals surface area contributed by atoms with Crippen LogP contribution in [0.15, 0.2) is 12.1 Å². The van der Waals surface area contributed by atoms with Gasteiger partial charge in [-0.25, -0.2) is 0 Å². The van der Waals surface area contributed by atoms with Crippen molar-refractivity contribution in [1.29, 1.82) is 0 Å². The standard InChI is InChI=1S/C13H19ClN2O3/c1-3-10(13(16)17)19-12-8(4-5-15)6-9(14)7-11(12)18-2/h6-7,10H,3-5,15H2,1-2H3,(H2,16,17). The summed E-state index contributed by atoms with van der Waals surface area (Å²) in [6.07, 6.45) is 0.344. The van der Waals surface area contributed by atoms with Gasteiger partial charge in [0.1, 0.15) is 0 Å². The lowest BCUT2D eigenvalue weighted by Crippen LogP contribution is -2.33. The van der Waals surface area contributed by atoms with E-state index in [1.54, 1.807) is 12.1 Å². The molecule has 1 atom stereocenters. The van der Waals surface area contributed by atoms with Crippen molar-refractivity contribution in [1.82, 2.24) is 0 Å². The van der Waals surface area contributed by atoms with E-state index < -0.39 is 12.0 Å². The van der Waals surface area contributed by atoms with Crippen LogP contribution in [0, 0.1) is 0 Å². The summed E-state index contributed by atoms with van der Waals surface area (Å²) in [5.74, 6) is 0.428. The number of methoxy groups -OCH3 is 1. The Kier molecular flexibility index (Phi) is 5.92. The van der Waals surface area contributed by atoms with Crippen molar-refractivity contribution < 1.29 is 14.3 Å². The maximum atomic E-state index is 11.3. The van der Waals surface area contributed by atoms with Gasteiger partial charge in [-0.3, -0.25) is 4.79 Å².